The van der Waals surface area contributed by atoms with E-state index in [0.29, 0.717) is 19.1 Å². The molecule has 1 aromatic carbocycles. The molecular formula is C14H24N4O2. The topological polar surface area (TPSA) is 80.9 Å². The summed E-state index contributed by atoms with van der Waals surface area (Å²) < 4.78 is 10.5. The van der Waals surface area contributed by atoms with Gasteiger partial charge in [-0.15, -0.1) is 0 Å². The highest BCUT2D eigenvalue weighted by molar-refractivity contribution is 5.93. The van der Waals surface area contributed by atoms with Crippen molar-refractivity contribution in [1.82, 2.24) is 5.43 Å². The zero-order valence-corrected chi connectivity index (χ0v) is 12.2. The molecule has 0 atom stereocenters. The number of anilines is 1. The van der Waals surface area contributed by atoms with Crippen LogP contribution in [0.15, 0.2) is 29.3 Å². The predicted octanol–water partition coefficient (Wildman–Crippen LogP) is 1.74. The summed E-state index contributed by atoms with van der Waals surface area (Å²) in [6.45, 7) is 4.14. The molecule has 0 bridgehead atoms. The minimum atomic E-state index is 0.531. The van der Waals surface area contributed by atoms with E-state index in [9.17, 15) is 0 Å². The van der Waals surface area contributed by atoms with E-state index in [1.165, 1.54) is 0 Å². The molecule has 0 unspecified atom stereocenters. The van der Waals surface area contributed by atoms with Gasteiger partial charge in [0.15, 0.2) is 0 Å². The zero-order valence-electron chi connectivity index (χ0n) is 12.2. The Hall–Kier alpha value is -1.79. The molecule has 0 radical (unpaired) electrons. The summed E-state index contributed by atoms with van der Waals surface area (Å²) in [5.41, 5.74) is 3.44. The summed E-state index contributed by atoms with van der Waals surface area (Å²) in [5.74, 6) is 6.82. The van der Waals surface area contributed by atoms with Gasteiger partial charge in [-0.3, -0.25) is 10.4 Å². The first-order valence-electron chi connectivity index (χ1n) is 6.80. The summed E-state index contributed by atoms with van der Waals surface area (Å²) >= 11 is 0. The van der Waals surface area contributed by atoms with E-state index in [4.69, 9.17) is 15.3 Å². The van der Waals surface area contributed by atoms with Gasteiger partial charge in [0, 0.05) is 25.9 Å². The maximum absolute atomic E-state index is 5.52. The third-order valence-corrected chi connectivity index (χ3v) is 2.50. The summed E-state index contributed by atoms with van der Waals surface area (Å²) in [6, 6.07) is 7.67. The number of rotatable bonds is 8. The van der Waals surface area contributed by atoms with E-state index in [0.717, 1.165) is 30.9 Å². The molecule has 0 spiro atoms. The lowest BCUT2D eigenvalue weighted by Crippen LogP contribution is -2.36. The molecule has 0 aliphatic carbocycles. The number of methoxy groups -OCH3 is 1. The van der Waals surface area contributed by atoms with Gasteiger partial charge < -0.3 is 14.8 Å². The zero-order chi connectivity index (χ0) is 14.6. The average molecular weight is 280 g/mol. The number of nitrogens with two attached hydrogens (primary N) is 1. The van der Waals surface area contributed by atoms with E-state index in [2.05, 4.69) is 22.7 Å². The third kappa shape index (κ3) is 6.40. The van der Waals surface area contributed by atoms with Crippen LogP contribution in [0.25, 0.3) is 0 Å². The molecule has 0 heterocycles. The molecule has 0 saturated carbocycles. The molecule has 6 nitrogen and oxygen atoms in total. The van der Waals surface area contributed by atoms with Crippen LogP contribution in [-0.2, 0) is 4.74 Å². The fourth-order valence-corrected chi connectivity index (χ4v) is 1.51. The van der Waals surface area contributed by atoms with Crippen molar-refractivity contribution in [3.05, 3.63) is 24.3 Å². The fraction of sp³-hybridized carbons (Fsp3) is 0.500. The molecule has 0 aliphatic heterocycles. The Balaban J connectivity index is 2.48. The van der Waals surface area contributed by atoms with Crippen LogP contribution >= 0.6 is 0 Å². The number of nitrogens with one attached hydrogen (secondary N) is 2. The Morgan fingerprint density at radius 1 is 1.25 bits per heavy atom. The standard InChI is InChI=1S/C14H24N4O2/c1-3-10-20-13-7-5-12(6-8-13)17-14(18-15)16-9-4-11-19-2/h5-8H,3-4,9-11,15H2,1-2H3,(H2,16,17,18). The monoisotopic (exact) mass is 280 g/mol. The van der Waals surface area contributed by atoms with Crippen molar-refractivity contribution in [1.29, 1.82) is 0 Å². The SMILES string of the molecule is CCCOc1ccc(NC(=NCCCOC)NN)cc1. The van der Waals surface area contributed by atoms with Gasteiger partial charge in [-0.2, -0.15) is 0 Å². The Labute approximate surface area is 120 Å². The van der Waals surface area contributed by atoms with E-state index >= 15 is 0 Å². The molecule has 0 amide bonds. The van der Waals surface area contributed by atoms with Gasteiger partial charge in [-0.05, 0) is 37.1 Å². The molecule has 112 valence electrons. The van der Waals surface area contributed by atoms with Crippen molar-refractivity contribution >= 4 is 11.6 Å². The number of ether oxygens (including phenoxy) is 2. The summed E-state index contributed by atoms with van der Waals surface area (Å²) in [5, 5.41) is 3.11. The molecule has 4 N–H and O–H groups in total. The van der Waals surface area contributed by atoms with Crippen molar-refractivity contribution < 1.29 is 9.47 Å². The van der Waals surface area contributed by atoms with Gasteiger partial charge in [-0.25, -0.2) is 5.84 Å². The van der Waals surface area contributed by atoms with Crippen molar-refractivity contribution in [2.24, 2.45) is 10.8 Å². The van der Waals surface area contributed by atoms with Gasteiger partial charge in [0.2, 0.25) is 5.96 Å². The highest BCUT2D eigenvalue weighted by atomic mass is 16.5. The predicted molar refractivity (Wildman–Crippen MR) is 82.0 cm³/mol. The molecular weight excluding hydrogens is 256 g/mol. The van der Waals surface area contributed by atoms with Crippen molar-refractivity contribution in [2.75, 3.05) is 32.2 Å². The van der Waals surface area contributed by atoms with Crippen LogP contribution in [0.4, 0.5) is 5.69 Å². The lowest BCUT2D eigenvalue weighted by atomic mass is 10.3. The van der Waals surface area contributed by atoms with E-state index in [1.54, 1.807) is 7.11 Å². The van der Waals surface area contributed by atoms with Crippen molar-refractivity contribution in [3.8, 4) is 5.75 Å². The van der Waals surface area contributed by atoms with Crippen LogP contribution in [0.3, 0.4) is 0 Å². The highest BCUT2D eigenvalue weighted by Crippen LogP contribution is 2.15. The number of hydrogen-bond acceptors (Lipinski definition) is 4. The summed E-state index contributed by atoms with van der Waals surface area (Å²) in [7, 11) is 1.67. The smallest absolute Gasteiger partial charge is 0.210 e. The van der Waals surface area contributed by atoms with Gasteiger partial charge in [-0.1, -0.05) is 6.92 Å². The lowest BCUT2D eigenvalue weighted by molar-refractivity contribution is 0.197. The second-order valence-electron chi connectivity index (χ2n) is 4.22. The van der Waals surface area contributed by atoms with Crippen LogP contribution in [0.5, 0.6) is 5.75 Å². The molecule has 0 aromatic heterocycles. The Morgan fingerprint density at radius 3 is 2.60 bits per heavy atom. The summed E-state index contributed by atoms with van der Waals surface area (Å²) in [6.07, 6.45) is 1.85. The van der Waals surface area contributed by atoms with Gasteiger partial charge in [0.25, 0.3) is 0 Å². The van der Waals surface area contributed by atoms with E-state index in [-0.39, 0.29) is 0 Å². The Kier molecular flexibility index (Phi) is 8.17. The maximum Gasteiger partial charge on any atom is 0.210 e. The van der Waals surface area contributed by atoms with Crippen LogP contribution in [-0.4, -0.2) is 32.8 Å². The van der Waals surface area contributed by atoms with Gasteiger partial charge in [0.05, 0.1) is 6.61 Å². The maximum atomic E-state index is 5.52. The number of guanidine groups is 1. The van der Waals surface area contributed by atoms with Crippen LogP contribution in [0.1, 0.15) is 19.8 Å². The fourth-order valence-electron chi connectivity index (χ4n) is 1.51. The first-order valence-corrected chi connectivity index (χ1v) is 6.80. The van der Waals surface area contributed by atoms with Crippen LogP contribution in [0, 0.1) is 0 Å². The first-order chi connectivity index (χ1) is 9.80. The molecule has 0 fully saturated rings. The average Bonchev–Trinajstić information content (AvgIpc) is 2.49. The number of hydrazine groups is 1. The lowest BCUT2D eigenvalue weighted by Gasteiger charge is -2.10. The Morgan fingerprint density at radius 2 is 2.00 bits per heavy atom. The number of nitrogens with zero attached hydrogens (tertiary/aromatic N) is 1. The molecule has 20 heavy (non-hydrogen) atoms. The van der Waals surface area contributed by atoms with Gasteiger partial charge >= 0.3 is 0 Å². The molecule has 0 aliphatic rings. The molecule has 1 rings (SSSR count). The minimum Gasteiger partial charge on any atom is -0.494 e. The number of benzene rings is 1. The van der Waals surface area contributed by atoms with E-state index in [1.807, 2.05) is 24.3 Å². The highest BCUT2D eigenvalue weighted by Gasteiger charge is 1.99. The minimum absolute atomic E-state index is 0.531. The van der Waals surface area contributed by atoms with Crippen molar-refractivity contribution in [2.45, 2.75) is 19.8 Å². The van der Waals surface area contributed by atoms with Crippen molar-refractivity contribution in [3.63, 3.8) is 0 Å². The van der Waals surface area contributed by atoms with E-state index < -0.39 is 0 Å². The first kappa shape index (κ1) is 16.3. The quantitative estimate of drug-likeness (QED) is 0.222. The largest absolute Gasteiger partial charge is 0.494 e. The summed E-state index contributed by atoms with van der Waals surface area (Å²) in [4.78, 5) is 4.31. The normalized spacial score (nSPS) is 11.2. The molecule has 0 saturated heterocycles. The van der Waals surface area contributed by atoms with Gasteiger partial charge in [0.1, 0.15) is 5.75 Å². The van der Waals surface area contributed by atoms with Crippen LogP contribution < -0.4 is 21.3 Å². The second-order valence-corrected chi connectivity index (χ2v) is 4.22. The number of hydrogen-bond donors (Lipinski definition) is 3. The third-order valence-electron chi connectivity index (χ3n) is 2.50. The number of aliphatic imine (C=N–C) groups is 1. The van der Waals surface area contributed by atoms with Crippen LogP contribution in [0.2, 0.25) is 0 Å². The molecule has 1 aromatic rings. The Bertz CT molecular complexity index is 393. The molecule has 6 heteroatoms. The second kappa shape index (κ2) is 10.1.